The van der Waals surface area contributed by atoms with Crippen molar-refractivity contribution in [1.82, 2.24) is 9.78 Å². The van der Waals surface area contributed by atoms with Gasteiger partial charge in [0.05, 0.1) is 16.4 Å². The molecule has 2 aromatic rings. The highest BCUT2D eigenvalue weighted by Gasteiger charge is 2.15. The second-order valence-corrected chi connectivity index (χ2v) is 5.26. The van der Waals surface area contributed by atoms with Crippen molar-refractivity contribution in [3.8, 4) is 5.69 Å². The van der Waals surface area contributed by atoms with E-state index >= 15 is 0 Å². The van der Waals surface area contributed by atoms with Gasteiger partial charge in [-0.05, 0) is 37.5 Å². The van der Waals surface area contributed by atoms with Gasteiger partial charge in [-0.3, -0.25) is 0 Å². The standard InChI is InChI=1S/C14H16BrClN2/c1-4-12-9(2)17-18(10(12)3)14-11(8-15)6-5-7-13(14)16/h5-7H,4,8H2,1-3H3. The normalized spacial score (nSPS) is 10.9. The Bertz CT molecular complexity index is 575. The highest BCUT2D eigenvalue weighted by atomic mass is 79.9. The van der Waals surface area contributed by atoms with Gasteiger partial charge in [-0.1, -0.05) is 46.6 Å². The van der Waals surface area contributed by atoms with Crippen molar-refractivity contribution in [1.29, 1.82) is 0 Å². The molecule has 0 aliphatic rings. The van der Waals surface area contributed by atoms with Crippen LogP contribution in [0.2, 0.25) is 5.02 Å². The van der Waals surface area contributed by atoms with Crippen LogP contribution >= 0.6 is 27.5 Å². The number of benzene rings is 1. The first-order valence-electron chi connectivity index (χ1n) is 5.99. The molecule has 0 N–H and O–H groups in total. The number of nitrogens with zero attached hydrogens (tertiary/aromatic N) is 2. The summed E-state index contributed by atoms with van der Waals surface area (Å²) < 4.78 is 1.97. The zero-order valence-electron chi connectivity index (χ0n) is 10.8. The third-order valence-corrected chi connectivity index (χ3v) is 4.13. The van der Waals surface area contributed by atoms with Crippen molar-refractivity contribution in [2.45, 2.75) is 32.5 Å². The van der Waals surface area contributed by atoms with E-state index < -0.39 is 0 Å². The van der Waals surface area contributed by atoms with Gasteiger partial charge >= 0.3 is 0 Å². The van der Waals surface area contributed by atoms with Gasteiger partial charge < -0.3 is 0 Å². The molecule has 0 saturated carbocycles. The smallest absolute Gasteiger partial charge is 0.0875 e. The first-order chi connectivity index (χ1) is 8.60. The number of para-hydroxylation sites is 1. The van der Waals surface area contributed by atoms with Gasteiger partial charge in [0.25, 0.3) is 0 Å². The fraction of sp³-hybridized carbons (Fsp3) is 0.357. The lowest BCUT2D eigenvalue weighted by molar-refractivity contribution is 0.826. The molecule has 1 heterocycles. The average molecular weight is 328 g/mol. The van der Waals surface area contributed by atoms with Crippen LogP contribution in [-0.4, -0.2) is 9.78 Å². The van der Waals surface area contributed by atoms with Crippen LogP contribution in [0, 0.1) is 13.8 Å². The van der Waals surface area contributed by atoms with Gasteiger partial charge in [0.2, 0.25) is 0 Å². The molecule has 0 aliphatic carbocycles. The molecule has 96 valence electrons. The molecule has 0 aliphatic heterocycles. The fourth-order valence-corrected chi connectivity index (χ4v) is 3.04. The van der Waals surface area contributed by atoms with Crippen LogP contribution in [0.25, 0.3) is 5.69 Å². The summed E-state index contributed by atoms with van der Waals surface area (Å²) in [6, 6.07) is 5.94. The topological polar surface area (TPSA) is 17.8 Å². The Morgan fingerprint density at radius 2 is 2.06 bits per heavy atom. The van der Waals surface area contributed by atoms with Gasteiger partial charge in [0.15, 0.2) is 0 Å². The molecular weight excluding hydrogens is 312 g/mol. The lowest BCUT2D eigenvalue weighted by atomic mass is 10.1. The number of aromatic nitrogens is 2. The Hall–Kier alpha value is -0.800. The second-order valence-electron chi connectivity index (χ2n) is 4.30. The lowest BCUT2D eigenvalue weighted by Gasteiger charge is -2.11. The third-order valence-electron chi connectivity index (χ3n) is 3.22. The summed E-state index contributed by atoms with van der Waals surface area (Å²) >= 11 is 9.84. The molecule has 18 heavy (non-hydrogen) atoms. The Labute approximate surface area is 121 Å². The van der Waals surface area contributed by atoms with Crippen LogP contribution < -0.4 is 0 Å². The number of hydrogen-bond acceptors (Lipinski definition) is 1. The summed E-state index contributed by atoms with van der Waals surface area (Å²) in [5.74, 6) is 0. The van der Waals surface area contributed by atoms with Crippen molar-refractivity contribution >= 4 is 27.5 Å². The maximum Gasteiger partial charge on any atom is 0.0875 e. The van der Waals surface area contributed by atoms with Crippen LogP contribution in [0.5, 0.6) is 0 Å². The zero-order valence-corrected chi connectivity index (χ0v) is 13.1. The van der Waals surface area contributed by atoms with E-state index in [2.05, 4.69) is 40.9 Å². The van der Waals surface area contributed by atoms with Crippen LogP contribution in [0.1, 0.15) is 29.4 Å². The van der Waals surface area contributed by atoms with Crippen LogP contribution in [0.3, 0.4) is 0 Å². The van der Waals surface area contributed by atoms with E-state index in [0.29, 0.717) is 0 Å². The fourth-order valence-electron chi connectivity index (χ4n) is 2.31. The predicted octanol–water partition coefficient (Wildman–Crippen LogP) is 4.60. The van der Waals surface area contributed by atoms with E-state index in [1.54, 1.807) is 0 Å². The summed E-state index contributed by atoms with van der Waals surface area (Å²) in [7, 11) is 0. The van der Waals surface area contributed by atoms with Crippen molar-refractivity contribution in [3.63, 3.8) is 0 Å². The van der Waals surface area contributed by atoms with Crippen molar-refractivity contribution in [3.05, 3.63) is 45.7 Å². The predicted molar refractivity (Wildman–Crippen MR) is 80.1 cm³/mol. The van der Waals surface area contributed by atoms with E-state index in [4.69, 9.17) is 11.6 Å². The van der Waals surface area contributed by atoms with Crippen molar-refractivity contribution in [2.75, 3.05) is 0 Å². The molecule has 0 saturated heterocycles. The van der Waals surface area contributed by atoms with Gasteiger partial charge in [0.1, 0.15) is 0 Å². The monoisotopic (exact) mass is 326 g/mol. The minimum Gasteiger partial charge on any atom is -0.236 e. The largest absolute Gasteiger partial charge is 0.236 e. The molecular formula is C14H16BrClN2. The van der Waals surface area contributed by atoms with Gasteiger partial charge in [0, 0.05) is 11.0 Å². The summed E-state index contributed by atoms with van der Waals surface area (Å²) in [4.78, 5) is 0. The van der Waals surface area contributed by atoms with E-state index in [9.17, 15) is 0 Å². The SMILES string of the molecule is CCc1c(C)nn(-c2c(Cl)cccc2CBr)c1C. The van der Waals surface area contributed by atoms with E-state index in [0.717, 1.165) is 33.7 Å². The number of halogens is 2. The molecule has 0 spiro atoms. The van der Waals surface area contributed by atoms with Crippen LogP contribution in [0.15, 0.2) is 18.2 Å². The van der Waals surface area contributed by atoms with Gasteiger partial charge in [-0.15, -0.1) is 0 Å². The molecule has 0 amide bonds. The molecule has 1 aromatic carbocycles. The first-order valence-corrected chi connectivity index (χ1v) is 7.48. The number of rotatable bonds is 3. The molecule has 4 heteroatoms. The molecule has 0 bridgehead atoms. The molecule has 0 atom stereocenters. The molecule has 0 unspecified atom stereocenters. The van der Waals surface area contributed by atoms with Crippen molar-refractivity contribution in [2.24, 2.45) is 0 Å². The highest BCUT2D eigenvalue weighted by Crippen LogP contribution is 2.28. The van der Waals surface area contributed by atoms with Crippen molar-refractivity contribution < 1.29 is 0 Å². The quantitative estimate of drug-likeness (QED) is 0.753. The average Bonchev–Trinajstić information content (AvgIpc) is 2.63. The summed E-state index contributed by atoms with van der Waals surface area (Å²) in [6.45, 7) is 6.30. The molecule has 0 fully saturated rings. The summed E-state index contributed by atoms with van der Waals surface area (Å²) in [6.07, 6.45) is 0.992. The Morgan fingerprint density at radius 1 is 1.33 bits per heavy atom. The van der Waals surface area contributed by atoms with Crippen LogP contribution in [-0.2, 0) is 11.8 Å². The van der Waals surface area contributed by atoms with E-state index in [-0.39, 0.29) is 0 Å². The maximum absolute atomic E-state index is 6.34. The Morgan fingerprint density at radius 3 is 2.61 bits per heavy atom. The second kappa shape index (κ2) is 5.45. The number of hydrogen-bond donors (Lipinski definition) is 0. The van der Waals surface area contributed by atoms with Gasteiger partial charge in [-0.2, -0.15) is 5.10 Å². The summed E-state index contributed by atoms with van der Waals surface area (Å²) in [5.41, 5.74) is 5.68. The Kier molecular flexibility index (Phi) is 4.13. The highest BCUT2D eigenvalue weighted by molar-refractivity contribution is 9.08. The lowest BCUT2D eigenvalue weighted by Crippen LogP contribution is -2.04. The molecule has 0 radical (unpaired) electrons. The maximum atomic E-state index is 6.34. The first kappa shape index (κ1) is 13.6. The van der Waals surface area contributed by atoms with E-state index in [1.807, 2.05) is 23.7 Å². The molecule has 2 rings (SSSR count). The number of alkyl halides is 1. The molecule has 2 nitrogen and oxygen atoms in total. The minimum absolute atomic E-state index is 0.736. The zero-order chi connectivity index (χ0) is 13.3. The van der Waals surface area contributed by atoms with E-state index in [1.165, 1.54) is 11.3 Å². The minimum atomic E-state index is 0.736. The summed E-state index contributed by atoms with van der Waals surface area (Å²) in [5, 5.41) is 6.13. The molecule has 1 aromatic heterocycles. The van der Waals surface area contributed by atoms with Gasteiger partial charge in [-0.25, -0.2) is 4.68 Å². The van der Waals surface area contributed by atoms with Crippen LogP contribution in [0.4, 0.5) is 0 Å². The third kappa shape index (κ3) is 2.21. The number of aryl methyl sites for hydroxylation is 1. The Balaban J connectivity index is 2.69.